The Morgan fingerprint density at radius 2 is 2.23 bits per heavy atom. The van der Waals surface area contributed by atoms with Crippen LogP contribution >= 0.6 is 15.9 Å². The minimum Gasteiger partial charge on any atom is -0.327 e. The Bertz CT molecular complexity index is 298. The molecule has 0 radical (unpaired) electrons. The maximum Gasteiger partial charge on any atom is 0.0177 e. The second kappa shape index (κ2) is 3.81. The number of aryl methyl sites for hydroxylation is 1. The molecule has 1 aliphatic rings. The second-order valence-corrected chi connectivity index (χ2v) is 4.74. The molecular weight excluding hydrogens is 226 g/mol. The van der Waals surface area contributed by atoms with Crippen LogP contribution in [-0.2, 0) is 6.42 Å². The van der Waals surface area contributed by atoms with Gasteiger partial charge in [-0.2, -0.15) is 0 Å². The lowest BCUT2D eigenvalue weighted by Crippen LogP contribution is -2.02. The molecule has 13 heavy (non-hydrogen) atoms. The highest BCUT2D eigenvalue weighted by Crippen LogP contribution is 2.32. The number of hydrogen-bond donors (Lipinski definition) is 1. The number of rotatable bonds is 3. The number of halogens is 1. The van der Waals surface area contributed by atoms with Crippen molar-refractivity contribution in [2.24, 2.45) is 11.7 Å². The number of hydrogen-bond acceptors (Lipinski definition) is 1. The average Bonchev–Trinajstić information content (AvgIpc) is 2.79. The van der Waals surface area contributed by atoms with Crippen molar-refractivity contribution in [2.45, 2.75) is 25.3 Å². The van der Waals surface area contributed by atoms with Gasteiger partial charge < -0.3 is 5.73 Å². The van der Waals surface area contributed by atoms with Gasteiger partial charge in [-0.1, -0.05) is 28.1 Å². The second-order valence-electron chi connectivity index (χ2n) is 3.83. The molecule has 70 valence electrons. The van der Waals surface area contributed by atoms with Gasteiger partial charge in [-0.15, -0.1) is 0 Å². The highest BCUT2D eigenvalue weighted by atomic mass is 79.9. The van der Waals surface area contributed by atoms with Gasteiger partial charge in [-0.3, -0.25) is 0 Å². The zero-order chi connectivity index (χ0) is 9.26. The Hall–Kier alpha value is -0.340. The highest BCUT2D eigenvalue weighted by molar-refractivity contribution is 9.10. The Morgan fingerprint density at radius 1 is 1.46 bits per heavy atom. The summed E-state index contributed by atoms with van der Waals surface area (Å²) in [7, 11) is 0. The van der Waals surface area contributed by atoms with Crippen LogP contribution in [-0.4, -0.2) is 6.04 Å². The van der Waals surface area contributed by atoms with Gasteiger partial charge >= 0.3 is 0 Å². The summed E-state index contributed by atoms with van der Waals surface area (Å²) in [5, 5.41) is 0. The number of benzene rings is 1. The first-order valence-electron chi connectivity index (χ1n) is 4.76. The third-order valence-electron chi connectivity index (χ3n) is 2.67. The van der Waals surface area contributed by atoms with Gasteiger partial charge in [-0.05, 0) is 42.9 Å². The predicted molar refractivity (Wildman–Crippen MR) is 58.5 cm³/mol. The quantitative estimate of drug-likeness (QED) is 0.863. The molecule has 0 heterocycles. The molecule has 0 aliphatic heterocycles. The van der Waals surface area contributed by atoms with E-state index in [0.29, 0.717) is 6.04 Å². The summed E-state index contributed by atoms with van der Waals surface area (Å²) in [5.41, 5.74) is 7.16. The first kappa shape index (κ1) is 9.22. The average molecular weight is 240 g/mol. The molecule has 1 aromatic rings. The summed E-state index contributed by atoms with van der Waals surface area (Å²) in [6, 6.07) is 9.01. The summed E-state index contributed by atoms with van der Waals surface area (Å²) < 4.78 is 1.17. The largest absolute Gasteiger partial charge is 0.327 e. The summed E-state index contributed by atoms with van der Waals surface area (Å²) in [6.45, 7) is 0. The number of nitrogens with two attached hydrogens (primary N) is 1. The van der Waals surface area contributed by atoms with E-state index >= 15 is 0 Å². The molecule has 2 N–H and O–H groups in total. The maximum atomic E-state index is 5.75. The summed E-state index contributed by atoms with van der Waals surface area (Å²) in [4.78, 5) is 0. The van der Waals surface area contributed by atoms with Gasteiger partial charge in [0.25, 0.3) is 0 Å². The van der Waals surface area contributed by atoms with E-state index in [9.17, 15) is 0 Å². The zero-order valence-electron chi connectivity index (χ0n) is 7.54. The minimum atomic E-state index is 0.493. The van der Waals surface area contributed by atoms with Crippen molar-refractivity contribution in [3.63, 3.8) is 0 Å². The normalized spacial score (nSPS) is 26.0. The SMILES string of the molecule is N[C@@H]1C[C@H]1CCc1cccc(Br)c1. The van der Waals surface area contributed by atoms with Gasteiger partial charge in [0, 0.05) is 10.5 Å². The van der Waals surface area contributed by atoms with Gasteiger partial charge in [-0.25, -0.2) is 0 Å². The van der Waals surface area contributed by atoms with E-state index in [-0.39, 0.29) is 0 Å². The van der Waals surface area contributed by atoms with E-state index < -0.39 is 0 Å². The van der Waals surface area contributed by atoms with Crippen LogP contribution in [0.25, 0.3) is 0 Å². The fraction of sp³-hybridized carbons (Fsp3) is 0.455. The lowest BCUT2D eigenvalue weighted by Gasteiger charge is -2.00. The van der Waals surface area contributed by atoms with Crippen molar-refractivity contribution in [2.75, 3.05) is 0 Å². The molecule has 1 fully saturated rings. The van der Waals surface area contributed by atoms with Crippen LogP contribution in [0, 0.1) is 5.92 Å². The van der Waals surface area contributed by atoms with Crippen LogP contribution in [0.5, 0.6) is 0 Å². The lowest BCUT2D eigenvalue weighted by molar-refractivity contribution is 0.699. The van der Waals surface area contributed by atoms with Gasteiger partial charge in [0.15, 0.2) is 0 Å². The standard InChI is InChI=1S/C11H14BrN/c12-10-3-1-2-8(6-10)4-5-9-7-11(9)13/h1-3,6,9,11H,4-5,7,13H2/t9-,11-/m1/s1. The molecule has 1 aliphatic carbocycles. The molecular formula is C11H14BrN. The Balaban J connectivity index is 1.87. The lowest BCUT2D eigenvalue weighted by atomic mass is 10.1. The Kier molecular flexibility index (Phi) is 2.70. The fourth-order valence-corrected chi connectivity index (χ4v) is 2.09. The van der Waals surface area contributed by atoms with Crippen LogP contribution in [0.1, 0.15) is 18.4 Å². The zero-order valence-corrected chi connectivity index (χ0v) is 9.13. The van der Waals surface area contributed by atoms with Crippen LogP contribution in [0.3, 0.4) is 0 Å². The molecule has 2 rings (SSSR count). The monoisotopic (exact) mass is 239 g/mol. The molecule has 1 aromatic carbocycles. The first-order valence-corrected chi connectivity index (χ1v) is 5.55. The van der Waals surface area contributed by atoms with Gasteiger partial charge in [0.2, 0.25) is 0 Å². The molecule has 2 atom stereocenters. The van der Waals surface area contributed by atoms with Crippen LogP contribution in [0.15, 0.2) is 28.7 Å². The molecule has 0 spiro atoms. The molecule has 2 heteroatoms. The summed E-state index contributed by atoms with van der Waals surface area (Å²) in [6.07, 6.45) is 3.64. The third-order valence-corrected chi connectivity index (χ3v) is 3.16. The fourth-order valence-electron chi connectivity index (χ4n) is 1.65. The van der Waals surface area contributed by atoms with Crippen molar-refractivity contribution in [3.8, 4) is 0 Å². The Labute approximate surface area is 87.5 Å². The molecule has 0 saturated heterocycles. The van der Waals surface area contributed by atoms with Gasteiger partial charge in [0.1, 0.15) is 0 Å². The highest BCUT2D eigenvalue weighted by Gasteiger charge is 2.32. The van der Waals surface area contributed by atoms with Crippen molar-refractivity contribution >= 4 is 15.9 Å². The van der Waals surface area contributed by atoms with Crippen molar-refractivity contribution < 1.29 is 0 Å². The molecule has 1 saturated carbocycles. The summed E-state index contributed by atoms with van der Waals surface area (Å²) in [5.74, 6) is 0.791. The van der Waals surface area contributed by atoms with Crippen molar-refractivity contribution in [1.29, 1.82) is 0 Å². The molecule has 0 bridgehead atoms. The van der Waals surface area contributed by atoms with Crippen molar-refractivity contribution in [1.82, 2.24) is 0 Å². The van der Waals surface area contributed by atoms with Crippen molar-refractivity contribution in [3.05, 3.63) is 34.3 Å². The molecule has 0 amide bonds. The van der Waals surface area contributed by atoms with E-state index in [4.69, 9.17) is 5.73 Å². The maximum absolute atomic E-state index is 5.75. The molecule has 1 nitrogen and oxygen atoms in total. The molecule has 0 aromatic heterocycles. The van der Waals surface area contributed by atoms with Crippen LogP contribution < -0.4 is 5.73 Å². The smallest absolute Gasteiger partial charge is 0.0177 e. The molecule has 0 unspecified atom stereocenters. The summed E-state index contributed by atoms with van der Waals surface area (Å²) >= 11 is 3.47. The van der Waals surface area contributed by atoms with Gasteiger partial charge in [0.05, 0.1) is 0 Å². The topological polar surface area (TPSA) is 26.0 Å². The van der Waals surface area contributed by atoms with E-state index in [2.05, 4.69) is 40.2 Å². The first-order chi connectivity index (χ1) is 6.25. The minimum absolute atomic E-state index is 0.493. The predicted octanol–water partition coefficient (Wildman–Crippen LogP) is 2.73. The van der Waals surface area contributed by atoms with E-state index in [0.717, 1.165) is 12.3 Å². The Morgan fingerprint density at radius 3 is 2.85 bits per heavy atom. The van der Waals surface area contributed by atoms with E-state index in [1.807, 2.05) is 0 Å². The van der Waals surface area contributed by atoms with Crippen LogP contribution in [0.2, 0.25) is 0 Å². The van der Waals surface area contributed by atoms with Crippen LogP contribution in [0.4, 0.5) is 0 Å². The van der Waals surface area contributed by atoms with E-state index in [1.165, 1.54) is 22.9 Å². The third kappa shape index (κ3) is 2.55. The van der Waals surface area contributed by atoms with E-state index in [1.54, 1.807) is 0 Å².